The molecule has 0 bridgehead atoms. The minimum absolute atomic E-state index is 0. The number of methoxy groups -OCH3 is 2. The first-order valence-corrected chi connectivity index (χ1v) is 14.3. The second-order valence-corrected chi connectivity index (χ2v) is 10.0. The molecule has 4 nitrogen and oxygen atoms in total. The Morgan fingerprint density at radius 3 is 2.11 bits per heavy atom. The van der Waals surface area contributed by atoms with Crippen LogP contribution in [-0.4, -0.2) is 37.7 Å². The molecule has 2 aromatic rings. The lowest BCUT2D eigenvalue weighted by molar-refractivity contribution is -0.545. The number of ether oxygens (including phenoxy) is 3. The van der Waals surface area contributed by atoms with Gasteiger partial charge in [-0.3, -0.25) is 0 Å². The van der Waals surface area contributed by atoms with E-state index in [0.717, 1.165) is 56.2 Å². The van der Waals surface area contributed by atoms with Crippen LogP contribution in [-0.2, 0) is 13.0 Å². The Bertz CT molecular complexity index is 955. The van der Waals surface area contributed by atoms with E-state index in [0.29, 0.717) is 0 Å². The second-order valence-electron chi connectivity index (χ2n) is 10.0. The molecule has 0 amide bonds. The van der Waals surface area contributed by atoms with E-state index in [9.17, 15) is 0 Å². The minimum Gasteiger partial charge on any atom is -1.00 e. The van der Waals surface area contributed by atoms with Crippen LogP contribution < -0.4 is 31.2 Å². The van der Waals surface area contributed by atoms with Crippen LogP contribution in [0.3, 0.4) is 0 Å². The third-order valence-corrected chi connectivity index (χ3v) is 7.31. The summed E-state index contributed by atoms with van der Waals surface area (Å²) in [5.41, 5.74) is 5.45. The molecular formula is C32H48BrNO3. The van der Waals surface area contributed by atoms with Gasteiger partial charge < -0.3 is 31.2 Å². The summed E-state index contributed by atoms with van der Waals surface area (Å²) in [6.07, 6.45) is 14.8. The predicted octanol–water partition coefficient (Wildman–Crippen LogP) is 4.98. The lowest BCUT2D eigenvalue weighted by Crippen LogP contribution is -3.00. The van der Waals surface area contributed by atoms with Gasteiger partial charge in [-0.2, -0.15) is 0 Å². The maximum atomic E-state index is 6.43. The van der Waals surface area contributed by atoms with Crippen molar-refractivity contribution in [1.29, 1.82) is 0 Å². The van der Waals surface area contributed by atoms with Crippen molar-refractivity contribution in [2.24, 2.45) is 0 Å². The van der Waals surface area contributed by atoms with Gasteiger partial charge in [0.1, 0.15) is 12.3 Å². The first kappa shape index (κ1) is 31.2. The molecule has 1 aliphatic rings. The molecule has 1 aliphatic heterocycles. The highest BCUT2D eigenvalue weighted by molar-refractivity contribution is 5.99. The van der Waals surface area contributed by atoms with Crippen LogP contribution in [0.2, 0.25) is 0 Å². The Morgan fingerprint density at radius 2 is 1.43 bits per heavy atom. The van der Waals surface area contributed by atoms with Crippen molar-refractivity contribution >= 4 is 5.71 Å². The van der Waals surface area contributed by atoms with Crippen LogP contribution in [0.15, 0.2) is 36.4 Å². The predicted molar refractivity (Wildman–Crippen MR) is 150 cm³/mol. The molecule has 5 heteroatoms. The highest BCUT2D eigenvalue weighted by Crippen LogP contribution is 2.37. The summed E-state index contributed by atoms with van der Waals surface area (Å²) in [7, 11) is 3.48. The van der Waals surface area contributed by atoms with Crippen LogP contribution in [0, 0.1) is 0 Å². The zero-order valence-corrected chi connectivity index (χ0v) is 25.2. The van der Waals surface area contributed by atoms with E-state index in [4.69, 9.17) is 14.2 Å². The molecule has 0 aliphatic carbocycles. The van der Waals surface area contributed by atoms with Crippen LogP contribution >= 0.6 is 0 Å². The average molecular weight is 575 g/mol. The van der Waals surface area contributed by atoms with Crippen LogP contribution in [0.4, 0.5) is 0 Å². The Hall–Kier alpha value is -2.01. The van der Waals surface area contributed by atoms with E-state index in [-0.39, 0.29) is 17.0 Å². The quantitative estimate of drug-likeness (QED) is 0.197. The van der Waals surface area contributed by atoms with E-state index in [2.05, 4.69) is 54.8 Å². The van der Waals surface area contributed by atoms with Crippen molar-refractivity contribution in [3.63, 3.8) is 0 Å². The lowest BCUT2D eigenvalue weighted by Gasteiger charge is -2.23. The van der Waals surface area contributed by atoms with Gasteiger partial charge in [-0.1, -0.05) is 65.2 Å². The molecule has 0 atom stereocenters. The third-order valence-electron chi connectivity index (χ3n) is 7.31. The molecule has 2 aromatic carbocycles. The molecule has 0 spiro atoms. The molecule has 0 saturated heterocycles. The van der Waals surface area contributed by atoms with E-state index in [1.807, 2.05) is 0 Å². The fourth-order valence-electron chi connectivity index (χ4n) is 5.19. The van der Waals surface area contributed by atoms with Gasteiger partial charge in [-0.25, -0.2) is 4.58 Å². The highest BCUT2D eigenvalue weighted by atomic mass is 79.9. The molecule has 206 valence electrons. The monoisotopic (exact) mass is 573 g/mol. The lowest BCUT2D eigenvalue weighted by atomic mass is 9.92. The molecular weight excluding hydrogens is 526 g/mol. The molecule has 37 heavy (non-hydrogen) atoms. The number of hydrogen-bond donors (Lipinski definition) is 0. The normalized spacial score (nSPS) is 12.6. The number of unbranched alkanes of at least 4 members (excludes halogenated alkanes) is 8. The topological polar surface area (TPSA) is 30.7 Å². The average Bonchev–Trinajstić information content (AvgIpc) is 2.91. The molecule has 1 heterocycles. The Morgan fingerprint density at radius 1 is 0.757 bits per heavy atom. The maximum absolute atomic E-state index is 6.43. The molecule has 0 N–H and O–H groups in total. The van der Waals surface area contributed by atoms with Crippen LogP contribution in [0.5, 0.6) is 17.2 Å². The van der Waals surface area contributed by atoms with Gasteiger partial charge in [0.2, 0.25) is 0 Å². The smallest absolute Gasteiger partial charge is 0.184 e. The summed E-state index contributed by atoms with van der Waals surface area (Å²) < 4.78 is 20.1. The summed E-state index contributed by atoms with van der Waals surface area (Å²) in [6, 6.07) is 12.9. The summed E-state index contributed by atoms with van der Waals surface area (Å²) in [5, 5.41) is 0. The first-order chi connectivity index (χ1) is 17.7. The van der Waals surface area contributed by atoms with Crippen molar-refractivity contribution < 1.29 is 35.8 Å². The van der Waals surface area contributed by atoms with E-state index < -0.39 is 0 Å². The van der Waals surface area contributed by atoms with Gasteiger partial charge in [0.15, 0.2) is 23.8 Å². The number of hydrogen-bond acceptors (Lipinski definition) is 3. The largest absolute Gasteiger partial charge is 1.00 e. The number of halogens is 1. The van der Waals surface area contributed by atoms with Crippen LogP contribution in [0.1, 0.15) is 101 Å². The standard InChI is InChI=1S/C32H48NO3.BrH/c1-5-7-9-11-12-14-24-36-32-29-22-23-33(25-26-16-18-27(34-3)19-17-26)30(15-13-10-8-6-2)28(29)20-21-31(32)35-4;/h16-21H,5-15,22-25H2,1-4H3;1H/q+1;/p-1. The van der Waals surface area contributed by atoms with Gasteiger partial charge in [0.05, 0.1) is 20.8 Å². The van der Waals surface area contributed by atoms with Gasteiger partial charge in [0, 0.05) is 29.5 Å². The molecule has 0 radical (unpaired) electrons. The molecule has 0 unspecified atom stereocenters. The zero-order chi connectivity index (χ0) is 25.6. The fraction of sp³-hybridized carbons (Fsp3) is 0.594. The van der Waals surface area contributed by atoms with Gasteiger partial charge in [0.25, 0.3) is 0 Å². The summed E-state index contributed by atoms with van der Waals surface area (Å²) in [6.45, 7) is 7.23. The van der Waals surface area contributed by atoms with Crippen molar-refractivity contribution in [3.05, 3.63) is 53.1 Å². The Balaban J connectivity index is 0.00000481. The van der Waals surface area contributed by atoms with Crippen molar-refractivity contribution in [2.75, 3.05) is 27.4 Å². The highest BCUT2D eigenvalue weighted by Gasteiger charge is 2.29. The third kappa shape index (κ3) is 9.35. The second kappa shape index (κ2) is 17.5. The van der Waals surface area contributed by atoms with Crippen molar-refractivity contribution in [2.45, 2.75) is 97.4 Å². The van der Waals surface area contributed by atoms with Crippen molar-refractivity contribution in [1.82, 2.24) is 0 Å². The number of nitrogens with zero attached hydrogens (tertiary/aromatic N) is 1. The minimum atomic E-state index is 0. The van der Waals surface area contributed by atoms with Crippen molar-refractivity contribution in [3.8, 4) is 17.2 Å². The molecule has 0 fully saturated rings. The molecule has 0 aromatic heterocycles. The van der Waals surface area contributed by atoms with E-state index in [1.54, 1.807) is 14.2 Å². The fourth-order valence-corrected chi connectivity index (χ4v) is 5.19. The van der Waals surface area contributed by atoms with Crippen LogP contribution in [0.25, 0.3) is 0 Å². The summed E-state index contributed by atoms with van der Waals surface area (Å²) in [5.74, 6) is 2.75. The number of benzene rings is 2. The van der Waals surface area contributed by atoms with Gasteiger partial charge >= 0.3 is 0 Å². The maximum Gasteiger partial charge on any atom is 0.184 e. The Labute approximate surface area is 236 Å². The van der Waals surface area contributed by atoms with Gasteiger partial charge in [-0.15, -0.1) is 0 Å². The molecule has 3 rings (SSSR count). The summed E-state index contributed by atoms with van der Waals surface area (Å²) >= 11 is 0. The SMILES string of the molecule is CCCCCCCCOc1c(OC)ccc2c1CC[N+](Cc1ccc(OC)cc1)=C2CCCCCC.[Br-]. The first-order valence-electron chi connectivity index (χ1n) is 14.3. The Kier molecular flexibility index (Phi) is 14.8. The number of fused-ring (bicyclic) bond motifs is 1. The number of rotatable bonds is 17. The summed E-state index contributed by atoms with van der Waals surface area (Å²) in [4.78, 5) is 0. The zero-order valence-electron chi connectivity index (χ0n) is 23.6. The van der Waals surface area contributed by atoms with E-state index >= 15 is 0 Å². The van der Waals surface area contributed by atoms with Gasteiger partial charge in [-0.05, 0) is 49.2 Å². The van der Waals surface area contributed by atoms with E-state index in [1.165, 1.54) is 80.2 Å². The molecule has 0 saturated carbocycles.